The van der Waals surface area contributed by atoms with Crippen molar-refractivity contribution in [2.45, 2.75) is 33.2 Å². The maximum atomic E-state index is 13.2. The summed E-state index contributed by atoms with van der Waals surface area (Å²) in [6.45, 7) is 5.19. The number of rotatable bonds is 8. The number of primary amides is 1. The number of pyridine rings is 1. The normalized spacial score (nSPS) is 14.0. The standard InChI is InChI=1S/C27H29FN4O4/c1-17-13-23(18(2)32(17)15-19-3-6-22(28)7-4-19)24(33)16-36-27(35)20-9-11-31(12-10-20)25-8-5-21(14-30-25)26(29)34/h3-8,13-14,20H,9-12,15-16H2,1-2H3,(H2,29,34). The Kier molecular flexibility index (Phi) is 7.47. The second-order valence-electron chi connectivity index (χ2n) is 9.06. The summed E-state index contributed by atoms with van der Waals surface area (Å²) in [5, 5.41) is 0. The molecule has 1 saturated heterocycles. The molecular formula is C27H29FN4O4. The highest BCUT2D eigenvalue weighted by Gasteiger charge is 2.28. The van der Waals surface area contributed by atoms with Crippen LogP contribution < -0.4 is 10.6 Å². The second-order valence-corrected chi connectivity index (χ2v) is 9.06. The van der Waals surface area contributed by atoms with Crippen LogP contribution in [0.1, 0.15) is 50.5 Å². The van der Waals surface area contributed by atoms with Gasteiger partial charge in [-0.3, -0.25) is 14.4 Å². The number of carbonyl (C=O) groups excluding carboxylic acids is 3. The molecule has 0 spiro atoms. The Hall–Kier alpha value is -4.01. The van der Waals surface area contributed by atoms with E-state index >= 15 is 0 Å². The predicted molar refractivity (Wildman–Crippen MR) is 132 cm³/mol. The molecule has 0 unspecified atom stereocenters. The van der Waals surface area contributed by atoms with Gasteiger partial charge in [0.15, 0.2) is 6.61 Å². The molecule has 0 radical (unpaired) electrons. The molecule has 1 aliphatic rings. The van der Waals surface area contributed by atoms with Gasteiger partial charge in [-0.05, 0) is 62.6 Å². The number of ether oxygens (including phenoxy) is 1. The second kappa shape index (κ2) is 10.7. The number of halogens is 1. The molecule has 36 heavy (non-hydrogen) atoms. The Morgan fingerprint density at radius 3 is 2.39 bits per heavy atom. The van der Waals surface area contributed by atoms with Crippen molar-refractivity contribution in [3.63, 3.8) is 0 Å². The number of nitrogens with two attached hydrogens (primary N) is 1. The number of benzene rings is 1. The summed E-state index contributed by atoms with van der Waals surface area (Å²) >= 11 is 0. The number of piperidine rings is 1. The number of nitrogens with zero attached hydrogens (tertiary/aromatic N) is 3. The predicted octanol–water partition coefficient (Wildman–Crippen LogP) is 3.43. The van der Waals surface area contributed by atoms with E-state index in [1.54, 1.807) is 30.3 Å². The van der Waals surface area contributed by atoms with E-state index in [1.807, 2.05) is 23.3 Å². The van der Waals surface area contributed by atoms with Crippen molar-refractivity contribution >= 4 is 23.5 Å². The van der Waals surface area contributed by atoms with E-state index in [0.29, 0.717) is 43.6 Å². The van der Waals surface area contributed by atoms with Gasteiger partial charge in [-0.15, -0.1) is 0 Å². The van der Waals surface area contributed by atoms with Crippen molar-refractivity contribution in [3.8, 4) is 0 Å². The molecular weight excluding hydrogens is 463 g/mol. The number of aromatic nitrogens is 2. The number of aryl methyl sites for hydroxylation is 1. The van der Waals surface area contributed by atoms with Gasteiger partial charge in [-0.25, -0.2) is 9.37 Å². The van der Waals surface area contributed by atoms with Crippen molar-refractivity contribution in [2.24, 2.45) is 11.7 Å². The summed E-state index contributed by atoms with van der Waals surface area (Å²) in [5.74, 6) is -1.01. The molecule has 3 heterocycles. The topological polar surface area (TPSA) is 108 Å². The lowest BCUT2D eigenvalue weighted by atomic mass is 9.97. The molecule has 0 aliphatic carbocycles. The molecule has 1 aliphatic heterocycles. The maximum Gasteiger partial charge on any atom is 0.309 e. The van der Waals surface area contributed by atoms with Gasteiger partial charge in [0.2, 0.25) is 11.7 Å². The van der Waals surface area contributed by atoms with E-state index in [1.165, 1.54) is 18.3 Å². The largest absolute Gasteiger partial charge is 0.457 e. The zero-order valence-corrected chi connectivity index (χ0v) is 20.4. The van der Waals surface area contributed by atoms with Gasteiger partial charge in [0.05, 0.1) is 11.5 Å². The number of hydrogen-bond acceptors (Lipinski definition) is 6. The number of carbonyl (C=O) groups is 3. The van der Waals surface area contributed by atoms with Gasteiger partial charge >= 0.3 is 5.97 Å². The zero-order valence-electron chi connectivity index (χ0n) is 20.4. The van der Waals surface area contributed by atoms with Gasteiger partial charge in [0, 0.05) is 42.8 Å². The number of amides is 1. The molecule has 1 fully saturated rings. The first kappa shape index (κ1) is 25.1. The van der Waals surface area contributed by atoms with E-state index in [0.717, 1.165) is 22.8 Å². The number of esters is 1. The zero-order chi connectivity index (χ0) is 25.8. The Balaban J connectivity index is 1.30. The fraction of sp³-hybridized carbons (Fsp3) is 0.333. The highest BCUT2D eigenvalue weighted by molar-refractivity contribution is 5.99. The van der Waals surface area contributed by atoms with Crippen LogP contribution in [0.2, 0.25) is 0 Å². The number of hydrogen-bond donors (Lipinski definition) is 1. The van der Waals surface area contributed by atoms with Crippen molar-refractivity contribution in [1.29, 1.82) is 0 Å². The third-order valence-corrected chi connectivity index (χ3v) is 6.66. The minimum absolute atomic E-state index is 0.252. The Labute approximate surface area is 208 Å². The molecule has 1 amide bonds. The third-order valence-electron chi connectivity index (χ3n) is 6.66. The van der Waals surface area contributed by atoms with Gasteiger partial charge in [-0.2, -0.15) is 0 Å². The Bertz CT molecular complexity index is 1260. The highest BCUT2D eigenvalue weighted by atomic mass is 19.1. The van der Waals surface area contributed by atoms with Crippen molar-refractivity contribution in [1.82, 2.24) is 9.55 Å². The fourth-order valence-corrected chi connectivity index (χ4v) is 4.49. The lowest BCUT2D eigenvalue weighted by Crippen LogP contribution is -2.37. The maximum absolute atomic E-state index is 13.2. The van der Waals surface area contributed by atoms with Gasteiger partial charge in [0.25, 0.3) is 0 Å². The minimum Gasteiger partial charge on any atom is -0.457 e. The first-order chi connectivity index (χ1) is 17.2. The molecule has 0 atom stereocenters. The fourth-order valence-electron chi connectivity index (χ4n) is 4.49. The highest BCUT2D eigenvalue weighted by Crippen LogP contribution is 2.24. The molecule has 8 nitrogen and oxygen atoms in total. The van der Waals surface area contributed by atoms with E-state index in [4.69, 9.17) is 10.5 Å². The van der Waals surface area contributed by atoms with Crippen molar-refractivity contribution in [2.75, 3.05) is 24.6 Å². The Morgan fingerprint density at radius 1 is 1.08 bits per heavy atom. The summed E-state index contributed by atoms with van der Waals surface area (Å²) in [5.41, 5.74) is 8.72. The van der Waals surface area contributed by atoms with Crippen LogP contribution in [0.4, 0.5) is 10.2 Å². The lowest BCUT2D eigenvalue weighted by Gasteiger charge is -2.31. The van der Waals surface area contributed by atoms with Crippen LogP contribution in [0.3, 0.4) is 0 Å². The summed E-state index contributed by atoms with van der Waals surface area (Å²) in [7, 11) is 0. The molecule has 1 aromatic carbocycles. The number of Topliss-reactive ketones (excluding diaryl/α,β-unsaturated/α-hetero) is 1. The van der Waals surface area contributed by atoms with Crippen molar-refractivity contribution < 1.29 is 23.5 Å². The van der Waals surface area contributed by atoms with Crippen molar-refractivity contribution in [3.05, 3.63) is 82.6 Å². The van der Waals surface area contributed by atoms with Crippen LogP contribution in [0.15, 0.2) is 48.7 Å². The van der Waals surface area contributed by atoms with E-state index in [9.17, 15) is 18.8 Å². The smallest absolute Gasteiger partial charge is 0.309 e. The van der Waals surface area contributed by atoms with E-state index in [-0.39, 0.29) is 30.1 Å². The van der Waals surface area contributed by atoms with E-state index in [2.05, 4.69) is 4.98 Å². The average Bonchev–Trinajstić information content (AvgIpc) is 3.17. The van der Waals surface area contributed by atoms with Crippen LogP contribution in [0.25, 0.3) is 0 Å². The molecule has 0 bridgehead atoms. The minimum atomic E-state index is -0.528. The summed E-state index contributed by atoms with van der Waals surface area (Å²) in [6, 6.07) is 11.4. The molecule has 9 heteroatoms. The third kappa shape index (κ3) is 5.62. The van der Waals surface area contributed by atoms with Crippen LogP contribution in [0, 0.1) is 25.6 Å². The summed E-state index contributed by atoms with van der Waals surface area (Å²) < 4.78 is 20.6. The summed E-state index contributed by atoms with van der Waals surface area (Å²) in [6.07, 6.45) is 2.61. The van der Waals surface area contributed by atoms with Gasteiger partial charge < -0.3 is 19.9 Å². The van der Waals surface area contributed by atoms with Crippen LogP contribution in [0.5, 0.6) is 0 Å². The molecule has 3 aromatic rings. The Morgan fingerprint density at radius 2 is 1.78 bits per heavy atom. The molecule has 0 saturated carbocycles. The van der Waals surface area contributed by atoms with Crippen LogP contribution in [-0.2, 0) is 16.1 Å². The number of ketones is 1. The molecule has 2 N–H and O–H groups in total. The molecule has 2 aromatic heterocycles. The monoisotopic (exact) mass is 492 g/mol. The first-order valence-electron chi connectivity index (χ1n) is 11.8. The first-order valence-corrected chi connectivity index (χ1v) is 11.8. The quantitative estimate of drug-likeness (QED) is 0.381. The van der Waals surface area contributed by atoms with Gasteiger partial charge in [0.1, 0.15) is 11.6 Å². The summed E-state index contributed by atoms with van der Waals surface area (Å²) in [4.78, 5) is 43.0. The van der Waals surface area contributed by atoms with E-state index < -0.39 is 5.91 Å². The van der Waals surface area contributed by atoms with Crippen LogP contribution >= 0.6 is 0 Å². The van der Waals surface area contributed by atoms with Crippen LogP contribution in [-0.4, -0.2) is 46.9 Å². The molecule has 4 rings (SSSR count). The lowest BCUT2D eigenvalue weighted by molar-refractivity contribution is -0.148. The average molecular weight is 493 g/mol. The SMILES string of the molecule is Cc1cc(C(=O)COC(=O)C2CCN(c3ccc(C(N)=O)cn3)CC2)c(C)n1Cc1ccc(F)cc1. The molecule has 188 valence electrons. The van der Waals surface area contributed by atoms with Gasteiger partial charge in [-0.1, -0.05) is 12.1 Å². The number of anilines is 1.